The van der Waals surface area contributed by atoms with Gasteiger partial charge in [-0.25, -0.2) is 4.79 Å². The van der Waals surface area contributed by atoms with Gasteiger partial charge in [-0.15, -0.1) is 0 Å². The Balaban J connectivity index is 2.17. The van der Waals surface area contributed by atoms with E-state index >= 15 is 0 Å². The number of aliphatic hydroxyl groups is 1. The number of hydrogen-bond donors (Lipinski definition) is 4. The summed E-state index contributed by atoms with van der Waals surface area (Å²) in [5.41, 5.74) is 0.852. The fourth-order valence-corrected chi connectivity index (χ4v) is 5.09. The second-order valence-electron chi connectivity index (χ2n) is 10.6. The maximum Gasteiger partial charge on any atom is 0.408 e. The van der Waals surface area contributed by atoms with Crippen molar-refractivity contribution in [2.24, 2.45) is 0 Å². The highest BCUT2D eigenvalue weighted by atomic mass is 31.2. The van der Waals surface area contributed by atoms with Crippen LogP contribution in [0.25, 0.3) is 0 Å². The SMILES string of the molecule is COP(=O)(CC(O)[C@H](Cc1ccccc1)NC(=O)[C@H](C)NC(=O)C(Cc1ccccc1)NC(=O)OC(C)(C)C)OC. The lowest BCUT2D eigenvalue weighted by atomic mass is 10.0. The minimum atomic E-state index is -3.58. The highest BCUT2D eigenvalue weighted by Crippen LogP contribution is 2.47. The fraction of sp³-hybridized carbons (Fsp3) is 0.483. The van der Waals surface area contributed by atoms with Crippen molar-refractivity contribution in [1.29, 1.82) is 0 Å². The van der Waals surface area contributed by atoms with Crippen LogP contribution in [0.5, 0.6) is 0 Å². The van der Waals surface area contributed by atoms with Crippen molar-refractivity contribution >= 4 is 25.5 Å². The molecule has 0 fully saturated rings. The van der Waals surface area contributed by atoms with E-state index in [-0.39, 0.29) is 19.0 Å². The van der Waals surface area contributed by atoms with Gasteiger partial charge < -0.3 is 34.8 Å². The molecule has 0 heterocycles. The molecule has 12 heteroatoms. The van der Waals surface area contributed by atoms with Gasteiger partial charge in [0.1, 0.15) is 17.7 Å². The Labute approximate surface area is 241 Å². The van der Waals surface area contributed by atoms with Gasteiger partial charge in [-0.3, -0.25) is 14.2 Å². The first-order valence-electron chi connectivity index (χ1n) is 13.3. The molecule has 4 atom stereocenters. The molecule has 0 aromatic heterocycles. The molecule has 41 heavy (non-hydrogen) atoms. The molecule has 0 spiro atoms. The average molecular weight is 592 g/mol. The largest absolute Gasteiger partial charge is 0.444 e. The smallest absolute Gasteiger partial charge is 0.408 e. The molecule has 11 nitrogen and oxygen atoms in total. The van der Waals surface area contributed by atoms with Gasteiger partial charge in [0, 0.05) is 20.6 Å². The van der Waals surface area contributed by atoms with Crippen molar-refractivity contribution in [3.05, 3.63) is 71.8 Å². The van der Waals surface area contributed by atoms with E-state index in [9.17, 15) is 24.1 Å². The lowest BCUT2D eigenvalue weighted by Gasteiger charge is -2.28. The maximum atomic E-state index is 13.3. The Kier molecular flexibility index (Phi) is 13.0. The van der Waals surface area contributed by atoms with Crippen LogP contribution in [0.1, 0.15) is 38.8 Å². The van der Waals surface area contributed by atoms with Crippen LogP contribution in [0.3, 0.4) is 0 Å². The molecular formula is C29H42N3O8P. The number of benzene rings is 2. The van der Waals surface area contributed by atoms with Gasteiger partial charge in [0.15, 0.2) is 0 Å². The third-order valence-electron chi connectivity index (χ3n) is 6.10. The number of amides is 3. The van der Waals surface area contributed by atoms with Crippen LogP contribution in [0, 0.1) is 0 Å². The monoisotopic (exact) mass is 591 g/mol. The van der Waals surface area contributed by atoms with Gasteiger partial charge in [-0.2, -0.15) is 0 Å². The van der Waals surface area contributed by atoms with E-state index in [1.807, 2.05) is 60.7 Å². The van der Waals surface area contributed by atoms with Crippen molar-refractivity contribution < 1.29 is 37.8 Å². The molecule has 0 saturated heterocycles. The highest BCUT2D eigenvalue weighted by Gasteiger charge is 2.33. The molecule has 2 rings (SSSR count). The van der Waals surface area contributed by atoms with E-state index < -0.39 is 55.3 Å². The third kappa shape index (κ3) is 12.0. The first-order valence-corrected chi connectivity index (χ1v) is 15.0. The summed E-state index contributed by atoms with van der Waals surface area (Å²) in [5.74, 6) is -1.18. The van der Waals surface area contributed by atoms with Gasteiger partial charge >= 0.3 is 13.7 Å². The number of hydrogen-bond acceptors (Lipinski definition) is 8. The Hall–Kier alpha value is -3.24. The second kappa shape index (κ2) is 15.7. The van der Waals surface area contributed by atoms with Crippen LogP contribution < -0.4 is 16.0 Å². The summed E-state index contributed by atoms with van der Waals surface area (Å²) < 4.78 is 27.9. The van der Waals surface area contributed by atoms with E-state index in [0.717, 1.165) is 11.1 Å². The Bertz CT molecular complexity index is 1170. The van der Waals surface area contributed by atoms with Crippen LogP contribution in [0.2, 0.25) is 0 Å². The molecular weight excluding hydrogens is 549 g/mol. The molecule has 0 aliphatic rings. The summed E-state index contributed by atoms with van der Waals surface area (Å²) in [5, 5.41) is 18.9. The number of rotatable bonds is 14. The molecule has 0 radical (unpaired) electrons. The molecule has 0 saturated carbocycles. The van der Waals surface area contributed by atoms with E-state index in [1.54, 1.807) is 20.8 Å². The van der Waals surface area contributed by atoms with E-state index in [0.29, 0.717) is 0 Å². The summed E-state index contributed by atoms with van der Waals surface area (Å²) in [6.07, 6.45) is -2.01. The molecule has 0 aliphatic heterocycles. The number of nitrogens with one attached hydrogen (secondary N) is 3. The zero-order valence-corrected chi connectivity index (χ0v) is 25.4. The van der Waals surface area contributed by atoms with Crippen LogP contribution in [-0.4, -0.2) is 73.2 Å². The van der Waals surface area contributed by atoms with E-state index in [4.69, 9.17) is 13.8 Å². The van der Waals surface area contributed by atoms with Crippen molar-refractivity contribution in [3.8, 4) is 0 Å². The lowest BCUT2D eigenvalue weighted by molar-refractivity contribution is -0.130. The summed E-state index contributed by atoms with van der Waals surface area (Å²) in [4.78, 5) is 38.9. The quantitative estimate of drug-likeness (QED) is 0.245. The number of ether oxygens (including phenoxy) is 1. The maximum absolute atomic E-state index is 13.3. The molecule has 3 amide bonds. The zero-order valence-electron chi connectivity index (χ0n) is 24.5. The van der Waals surface area contributed by atoms with Crippen LogP contribution in [0.15, 0.2) is 60.7 Å². The Morgan fingerprint density at radius 1 is 0.829 bits per heavy atom. The summed E-state index contributed by atoms with van der Waals surface area (Å²) in [6, 6.07) is 15.3. The molecule has 4 N–H and O–H groups in total. The lowest BCUT2D eigenvalue weighted by Crippen LogP contribution is -2.56. The van der Waals surface area contributed by atoms with Crippen molar-refractivity contribution in [2.75, 3.05) is 20.4 Å². The van der Waals surface area contributed by atoms with Crippen LogP contribution in [0.4, 0.5) is 4.79 Å². The molecule has 2 unspecified atom stereocenters. The average Bonchev–Trinajstić information content (AvgIpc) is 2.92. The van der Waals surface area contributed by atoms with Gasteiger partial charge in [0.2, 0.25) is 11.8 Å². The fourth-order valence-electron chi connectivity index (χ4n) is 3.93. The number of carbonyl (C=O) groups excluding carboxylic acids is 3. The van der Waals surface area contributed by atoms with Crippen molar-refractivity contribution in [1.82, 2.24) is 16.0 Å². The second-order valence-corrected chi connectivity index (χ2v) is 13.0. The van der Waals surface area contributed by atoms with E-state index in [1.165, 1.54) is 21.1 Å². The standard InChI is InChI=1S/C29H42N3O8P/c1-20(30-27(35)24(18-22-15-11-8-12-16-22)32-28(36)40-29(2,3)4)26(34)31-23(17-21-13-9-7-10-14-21)25(33)19-41(37,38-5)39-6/h7-16,20,23-25,33H,17-19H2,1-6H3,(H,30,35)(H,31,34)(H,32,36)/t20-,23-,24?,25?/m0/s1. The van der Waals surface area contributed by atoms with Crippen molar-refractivity contribution in [2.45, 2.75) is 70.4 Å². The zero-order chi connectivity index (χ0) is 30.6. The number of carbonyl (C=O) groups is 3. The Morgan fingerprint density at radius 2 is 1.34 bits per heavy atom. The number of aliphatic hydroxyl groups excluding tert-OH is 1. The van der Waals surface area contributed by atoms with Crippen molar-refractivity contribution in [3.63, 3.8) is 0 Å². The number of alkyl carbamates (subject to hydrolysis) is 1. The van der Waals surface area contributed by atoms with E-state index in [2.05, 4.69) is 16.0 Å². The predicted octanol–water partition coefficient (Wildman–Crippen LogP) is 3.20. The molecule has 2 aromatic carbocycles. The summed E-state index contributed by atoms with van der Waals surface area (Å²) in [7, 11) is -1.15. The van der Waals surface area contributed by atoms with Gasteiger partial charge in [0.05, 0.1) is 18.3 Å². The first kappa shape index (κ1) is 34.0. The minimum absolute atomic E-state index is 0.166. The molecule has 2 aromatic rings. The Morgan fingerprint density at radius 3 is 1.83 bits per heavy atom. The summed E-state index contributed by atoms with van der Waals surface area (Å²) >= 11 is 0. The minimum Gasteiger partial charge on any atom is -0.444 e. The molecule has 226 valence electrons. The normalized spacial score (nSPS) is 14.7. The summed E-state index contributed by atoms with van der Waals surface area (Å²) in [6.45, 7) is 6.62. The van der Waals surface area contributed by atoms with Gasteiger partial charge in [0.25, 0.3) is 0 Å². The molecule has 0 aliphatic carbocycles. The predicted molar refractivity (Wildman–Crippen MR) is 155 cm³/mol. The topological polar surface area (TPSA) is 152 Å². The van der Waals surface area contributed by atoms with Gasteiger partial charge in [-0.1, -0.05) is 60.7 Å². The molecule has 0 bridgehead atoms. The van der Waals surface area contributed by atoms with Crippen LogP contribution >= 0.6 is 7.60 Å². The first-order chi connectivity index (χ1) is 19.2. The van der Waals surface area contributed by atoms with Gasteiger partial charge in [-0.05, 0) is 45.2 Å². The van der Waals surface area contributed by atoms with Crippen LogP contribution in [-0.2, 0) is 40.8 Å². The third-order valence-corrected chi connectivity index (χ3v) is 8.03. The highest BCUT2D eigenvalue weighted by molar-refractivity contribution is 7.53.